The van der Waals surface area contributed by atoms with Crippen LogP contribution in [-0.4, -0.2) is 33.0 Å². The van der Waals surface area contributed by atoms with Gasteiger partial charge in [0.1, 0.15) is 5.02 Å². The van der Waals surface area contributed by atoms with Crippen molar-refractivity contribution in [3.63, 3.8) is 0 Å². The van der Waals surface area contributed by atoms with E-state index in [1.807, 2.05) is 0 Å². The molecule has 1 amide bonds. The van der Waals surface area contributed by atoms with Gasteiger partial charge in [-0.05, 0) is 6.07 Å². The number of benzene rings is 1. The van der Waals surface area contributed by atoms with Crippen molar-refractivity contribution in [1.29, 1.82) is 0 Å². The van der Waals surface area contributed by atoms with Crippen LogP contribution in [0.3, 0.4) is 0 Å². The van der Waals surface area contributed by atoms with Crippen molar-refractivity contribution in [3.05, 3.63) is 56.9 Å². The van der Waals surface area contributed by atoms with Gasteiger partial charge in [-0.1, -0.05) is 17.7 Å². The van der Waals surface area contributed by atoms with E-state index in [0.29, 0.717) is 6.54 Å². The number of hydrogen-bond donors (Lipinski definition) is 1. The van der Waals surface area contributed by atoms with Crippen LogP contribution in [-0.2, 0) is 6.54 Å². The summed E-state index contributed by atoms with van der Waals surface area (Å²) in [7, 11) is 1.59. The Morgan fingerprint density at radius 3 is 2.90 bits per heavy atom. The van der Waals surface area contributed by atoms with Gasteiger partial charge in [0.05, 0.1) is 16.7 Å². The first-order chi connectivity index (χ1) is 9.50. The maximum Gasteiger partial charge on any atom is 0.288 e. The van der Waals surface area contributed by atoms with Crippen LogP contribution in [0, 0.1) is 10.1 Å². The normalized spacial score (nSPS) is 10.3. The van der Waals surface area contributed by atoms with E-state index in [4.69, 9.17) is 11.6 Å². The van der Waals surface area contributed by atoms with Crippen LogP contribution in [0.5, 0.6) is 0 Å². The first-order valence-electron chi connectivity index (χ1n) is 5.66. The molecule has 7 nitrogen and oxygen atoms in total. The number of aromatic amines is 1. The van der Waals surface area contributed by atoms with E-state index in [2.05, 4.69) is 10.2 Å². The Hall–Kier alpha value is -2.41. The second-order valence-electron chi connectivity index (χ2n) is 4.16. The summed E-state index contributed by atoms with van der Waals surface area (Å²) in [6.45, 7) is 0.328. The van der Waals surface area contributed by atoms with Crippen LogP contribution in [0.15, 0.2) is 30.6 Å². The number of nitrogens with zero attached hydrogens (tertiary/aromatic N) is 3. The molecule has 1 heterocycles. The molecule has 1 N–H and O–H groups in total. The van der Waals surface area contributed by atoms with Crippen molar-refractivity contribution in [1.82, 2.24) is 15.1 Å². The van der Waals surface area contributed by atoms with Gasteiger partial charge in [0, 0.05) is 31.4 Å². The third-order valence-electron chi connectivity index (χ3n) is 2.73. The number of amides is 1. The lowest BCUT2D eigenvalue weighted by atomic mass is 10.1. The van der Waals surface area contributed by atoms with Gasteiger partial charge >= 0.3 is 0 Å². The fourth-order valence-electron chi connectivity index (χ4n) is 1.74. The zero-order valence-corrected chi connectivity index (χ0v) is 11.3. The molecule has 0 saturated heterocycles. The quantitative estimate of drug-likeness (QED) is 0.691. The van der Waals surface area contributed by atoms with Gasteiger partial charge in [0.2, 0.25) is 0 Å². The lowest BCUT2D eigenvalue weighted by Crippen LogP contribution is -2.26. The third kappa shape index (κ3) is 2.77. The van der Waals surface area contributed by atoms with E-state index in [1.54, 1.807) is 19.4 Å². The second kappa shape index (κ2) is 5.70. The zero-order valence-electron chi connectivity index (χ0n) is 10.5. The van der Waals surface area contributed by atoms with Crippen LogP contribution in [0.2, 0.25) is 5.02 Å². The topological polar surface area (TPSA) is 92.1 Å². The average Bonchev–Trinajstić information content (AvgIpc) is 2.90. The molecule has 1 aromatic carbocycles. The monoisotopic (exact) mass is 294 g/mol. The van der Waals surface area contributed by atoms with Crippen molar-refractivity contribution in [2.24, 2.45) is 0 Å². The fourth-order valence-corrected chi connectivity index (χ4v) is 2.02. The number of nitro benzene ring substituents is 1. The average molecular weight is 295 g/mol. The Morgan fingerprint density at radius 2 is 2.30 bits per heavy atom. The summed E-state index contributed by atoms with van der Waals surface area (Å²) < 4.78 is 0. The van der Waals surface area contributed by atoms with Crippen LogP contribution in [0.25, 0.3) is 0 Å². The molecule has 0 spiro atoms. The van der Waals surface area contributed by atoms with Gasteiger partial charge in [-0.2, -0.15) is 5.10 Å². The van der Waals surface area contributed by atoms with Crippen molar-refractivity contribution in [2.45, 2.75) is 6.54 Å². The Morgan fingerprint density at radius 1 is 1.55 bits per heavy atom. The molecule has 8 heteroatoms. The minimum atomic E-state index is -0.616. The predicted octanol–water partition coefficient (Wildman–Crippen LogP) is 2.24. The highest BCUT2D eigenvalue weighted by atomic mass is 35.5. The maximum absolute atomic E-state index is 12.3. The van der Waals surface area contributed by atoms with E-state index < -0.39 is 4.92 Å². The molecule has 0 bridgehead atoms. The van der Waals surface area contributed by atoms with Crippen molar-refractivity contribution in [2.75, 3.05) is 7.05 Å². The minimum absolute atomic E-state index is 0.104. The molecule has 0 aliphatic rings. The molecule has 0 atom stereocenters. The summed E-state index contributed by atoms with van der Waals surface area (Å²) in [5, 5.41) is 17.1. The number of rotatable bonds is 4. The Labute approximate surface area is 119 Å². The first-order valence-corrected chi connectivity index (χ1v) is 6.04. The molecule has 0 aliphatic heterocycles. The number of H-pyrrole nitrogens is 1. The largest absolute Gasteiger partial charge is 0.337 e. The smallest absolute Gasteiger partial charge is 0.288 e. The lowest BCUT2D eigenvalue weighted by molar-refractivity contribution is -0.384. The molecule has 2 aromatic rings. The van der Waals surface area contributed by atoms with E-state index in [9.17, 15) is 14.9 Å². The number of nitro groups is 1. The highest BCUT2D eigenvalue weighted by Gasteiger charge is 2.22. The summed E-state index contributed by atoms with van der Waals surface area (Å²) in [4.78, 5) is 23.9. The summed E-state index contributed by atoms with van der Waals surface area (Å²) in [5.74, 6) is -0.389. The predicted molar refractivity (Wildman–Crippen MR) is 72.5 cm³/mol. The highest BCUT2D eigenvalue weighted by molar-refractivity contribution is 6.35. The third-order valence-corrected chi connectivity index (χ3v) is 3.12. The number of carbonyl (C=O) groups is 1. The van der Waals surface area contributed by atoms with Gasteiger partial charge in [0.25, 0.3) is 11.6 Å². The molecule has 0 fully saturated rings. The van der Waals surface area contributed by atoms with Crippen LogP contribution in [0.1, 0.15) is 15.9 Å². The number of halogens is 1. The highest BCUT2D eigenvalue weighted by Crippen LogP contribution is 2.28. The molecule has 1 aromatic heterocycles. The van der Waals surface area contributed by atoms with Gasteiger partial charge < -0.3 is 4.90 Å². The molecule has 0 unspecified atom stereocenters. The Bertz CT molecular complexity index is 642. The van der Waals surface area contributed by atoms with Gasteiger partial charge in [-0.3, -0.25) is 20.0 Å². The fraction of sp³-hybridized carbons (Fsp3) is 0.167. The van der Waals surface area contributed by atoms with Gasteiger partial charge in [-0.15, -0.1) is 0 Å². The Balaban J connectivity index is 2.25. The van der Waals surface area contributed by atoms with Crippen molar-refractivity contribution >= 4 is 23.2 Å². The molecule has 0 aliphatic carbocycles. The number of nitrogens with one attached hydrogen (secondary N) is 1. The van der Waals surface area contributed by atoms with Gasteiger partial charge in [-0.25, -0.2) is 0 Å². The molecule has 0 radical (unpaired) electrons. The standard InChI is InChI=1S/C12H11ClN4O3/c1-16(7-8-5-14-15-6-8)12(18)9-3-2-4-10(11(9)13)17(19)20/h2-6H,7H2,1H3,(H,14,15). The molecular formula is C12H11ClN4O3. The summed E-state index contributed by atoms with van der Waals surface area (Å²) in [6.07, 6.45) is 3.26. The van der Waals surface area contributed by atoms with Crippen LogP contribution in [0.4, 0.5) is 5.69 Å². The molecule has 0 saturated carbocycles. The van der Waals surface area contributed by atoms with E-state index in [1.165, 1.54) is 23.1 Å². The van der Waals surface area contributed by atoms with E-state index in [-0.39, 0.29) is 22.2 Å². The Kier molecular flexibility index (Phi) is 3.99. The lowest BCUT2D eigenvalue weighted by Gasteiger charge is -2.16. The molecule has 20 heavy (non-hydrogen) atoms. The summed E-state index contributed by atoms with van der Waals surface area (Å²) in [6, 6.07) is 4.15. The maximum atomic E-state index is 12.3. The molecular weight excluding hydrogens is 284 g/mol. The summed E-state index contributed by atoms with van der Waals surface area (Å²) in [5.41, 5.74) is 0.642. The minimum Gasteiger partial charge on any atom is -0.337 e. The number of hydrogen-bond acceptors (Lipinski definition) is 4. The number of aromatic nitrogens is 2. The second-order valence-corrected chi connectivity index (χ2v) is 4.54. The SMILES string of the molecule is CN(Cc1cn[nH]c1)C(=O)c1cccc([N+](=O)[O-])c1Cl. The molecule has 104 valence electrons. The van der Waals surface area contributed by atoms with Crippen molar-refractivity contribution in [3.8, 4) is 0 Å². The van der Waals surface area contributed by atoms with Crippen LogP contribution < -0.4 is 0 Å². The van der Waals surface area contributed by atoms with Crippen molar-refractivity contribution < 1.29 is 9.72 Å². The molecule has 2 rings (SSSR count). The summed E-state index contributed by atoms with van der Waals surface area (Å²) >= 11 is 5.92. The first kappa shape index (κ1) is 14.0. The number of carbonyl (C=O) groups excluding carboxylic acids is 1. The van der Waals surface area contributed by atoms with Crippen LogP contribution >= 0.6 is 11.6 Å². The zero-order chi connectivity index (χ0) is 14.7. The van der Waals surface area contributed by atoms with E-state index in [0.717, 1.165) is 5.56 Å². The van der Waals surface area contributed by atoms with E-state index >= 15 is 0 Å². The van der Waals surface area contributed by atoms with Gasteiger partial charge in [0.15, 0.2) is 0 Å².